The lowest BCUT2D eigenvalue weighted by Crippen LogP contribution is -2.32. The number of nitrogens with one attached hydrogen (secondary N) is 1. The molecule has 3 aromatic rings. The first-order valence-corrected chi connectivity index (χ1v) is 9.22. The normalized spacial score (nSPS) is 19.3. The second-order valence-electron chi connectivity index (χ2n) is 6.43. The standard InChI is InChI=1S/C20H23N5O2/c1-2-25-11-10-23-20(25)19-17(7-12-26-19)24-13-15-3-5-16(6-4-15)27-18-14-21-8-9-22-18/h3-6,8-11,14,17,19,24H,2,7,12-13H2,1H3/t17-,19-/m0/s1. The predicted octanol–water partition coefficient (Wildman–Crippen LogP) is 3.11. The molecule has 0 bridgehead atoms. The van der Waals surface area contributed by atoms with Crippen LogP contribution in [0.15, 0.2) is 55.2 Å². The molecule has 0 spiro atoms. The van der Waals surface area contributed by atoms with Gasteiger partial charge in [-0.2, -0.15) is 0 Å². The number of benzene rings is 1. The van der Waals surface area contributed by atoms with Crippen molar-refractivity contribution in [3.05, 3.63) is 66.6 Å². The average molecular weight is 365 g/mol. The third-order valence-corrected chi connectivity index (χ3v) is 4.69. The molecule has 1 saturated heterocycles. The molecule has 0 amide bonds. The van der Waals surface area contributed by atoms with Crippen LogP contribution in [-0.2, 0) is 17.8 Å². The van der Waals surface area contributed by atoms with Crippen LogP contribution >= 0.6 is 0 Å². The van der Waals surface area contributed by atoms with Crippen molar-refractivity contribution in [3.8, 4) is 11.6 Å². The van der Waals surface area contributed by atoms with Crippen LogP contribution in [0.1, 0.15) is 30.8 Å². The fraction of sp³-hybridized carbons (Fsp3) is 0.350. The van der Waals surface area contributed by atoms with Crippen LogP contribution in [0.25, 0.3) is 0 Å². The largest absolute Gasteiger partial charge is 0.438 e. The summed E-state index contributed by atoms with van der Waals surface area (Å²) in [6.07, 6.45) is 9.65. The van der Waals surface area contributed by atoms with E-state index in [1.54, 1.807) is 18.6 Å². The predicted molar refractivity (Wildman–Crippen MR) is 100 cm³/mol. The molecule has 27 heavy (non-hydrogen) atoms. The number of rotatable bonds is 7. The minimum atomic E-state index is -0.000730. The summed E-state index contributed by atoms with van der Waals surface area (Å²) in [6.45, 7) is 4.54. The van der Waals surface area contributed by atoms with Crippen LogP contribution in [0.5, 0.6) is 11.6 Å². The molecule has 1 fully saturated rings. The van der Waals surface area contributed by atoms with Gasteiger partial charge in [-0.15, -0.1) is 0 Å². The molecule has 1 aliphatic rings. The lowest BCUT2D eigenvalue weighted by Gasteiger charge is -2.20. The lowest BCUT2D eigenvalue weighted by molar-refractivity contribution is 0.0886. The Bertz CT molecular complexity index is 850. The summed E-state index contributed by atoms with van der Waals surface area (Å²) in [5.41, 5.74) is 1.19. The lowest BCUT2D eigenvalue weighted by atomic mass is 10.1. The first kappa shape index (κ1) is 17.6. The maximum Gasteiger partial charge on any atom is 0.237 e. The zero-order valence-corrected chi connectivity index (χ0v) is 15.3. The molecule has 3 heterocycles. The van der Waals surface area contributed by atoms with E-state index in [0.717, 1.165) is 37.7 Å². The SMILES string of the molecule is CCn1ccnc1[C@H]1OCC[C@@H]1NCc1ccc(Oc2cnccn2)cc1. The molecule has 1 aliphatic heterocycles. The van der Waals surface area contributed by atoms with E-state index in [4.69, 9.17) is 9.47 Å². The monoisotopic (exact) mass is 365 g/mol. The highest BCUT2D eigenvalue weighted by Gasteiger charge is 2.32. The second kappa shape index (κ2) is 8.28. The minimum absolute atomic E-state index is 0.000730. The Labute approximate surface area is 158 Å². The smallest absolute Gasteiger partial charge is 0.237 e. The number of hydrogen-bond donors (Lipinski definition) is 1. The summed E-state index contributed by atoms with van der Waals surface area (Å²) >= 11 is 0. The van der Waals surface area contributed by atoms with Gasteiger partial charge in [-0.3, -0.25) is 4.98 Å². The molecular formula is C20H23N5O2. The fourth-order valence-corrected chi connectivity index (χ4v) is 3.28. The highest BCUT2D eigenvalue weighted by Crippen LogP contribution is 2.28. The van der Waals surface area contributed by atoms with Crippen LogP contribution in [0, 0.1) is 0 Å². The molecule has 7 heteroatoms. The van der Waals surface area contributed by atoms with E-state index >= 15 is 0 Å². The van der Waals surface area contributed by atoms with E-state index in [-0.39, 0.29) is 12.1 Å². The quantitative estimate of drug-likeness (QED) is 0.693. The summed E-state index contributed by atoms with van der Waals surface area (Å²) < 4.78 is 13.8. The van der Waals surface area contributed by atoms with Gasteiger partial charge in [-0.25, -0.2) is 9.97 Å². The number of nitrogens with zero attached hydrogens (tertiary/aromatic N) is 4. The zero-order valence-electron chi connectivity index (χ0n) is 15.3. The van der Waals surface area contributed by atoms with Gasteiger partial charge >= 0.3 is 0 Å². The fourth-order valence-electron chi connectivity index (χ4n) is 3.28. The Kier molecular flexibility index (Phi) is 5.41. The van der Waals surface area contributed by atoms with E-state index in [2.05, 4.69) is 43.9 Å². The second-order valence-corrected chi connectivity index (χ2v) is 6.43. The summed E-state index contributed by atoms with van der Waals surface area (Å²) in [5.74, 6) is 2.23. The van der Waals surface area contributed by atoms with Crippen LogP contribution in [0.3, 0.4) is 0 Å². The minimum Gasteiger partial charge on any atom is -0.438 e. The molecule has 2 atom stereocenters. The number of imidazole rings is 1. The first-order chi connectivity index (χ1) is 13.3. The van der Waals surface area contributed by atoms with Crippen LogP contribution in [-0.4, -0.2) is 32.2 Å². The van der Waals surface area contributed by atoms with Crippen LogP contribution < -0.4 is 10.1 Å². The Morgan fingerprint density at radius 2 is 2.07 bits per heavy atom. The summed E-state index contributed by atoms with van der Waals surface area (Å²) in [6, 6.07) is 8.25. The maximum absolute atomic E-state index is 5.95. The number of ether oxygens (including phenoxy) is 2. The van der Waals surface area contributed by atoms with Gasteiger partial charge in [0.2, 0.25) is 5.88 Å². The molecule has 0 saturated carbocycles. The average Bonchev–Trinajstić information content (AvgIpc) is 3.37. The highest BCUT2D eigenvalue weighted by atomic mass is 16.5. The Balaban J connectivity index is 1.35. The van der Waals surface area contributed by atoms with E-state index in [0.29, 0.717) is 5.88 Å². The van der Waals surface area contributed by atoms with Crippen molar-refractivity contribution in [3.63, 3.8) is 0 Å². The van der Waals surface area contributed by atoms with E-state index in [9.17, 15) is 0 Å². The van der Waals surface area contributed by atoms with Crippen LogP contribution in [0.2, 0.25) is 0 Å². The molecule has 4 rings (SSSR count). The molecule has 2 aromatic heterocycles. The Morgan fingerprint density at radius 3 is 2.85 bits per heavy atom. The van der Waals surface area contributed by atoms with E-state index < -0.39 is 0 Å². The summed E-state index contributed by atoms with van der Waals surface area (Å²) in [4.78, 5) is 12.6. The molecule has 0 radical (unpaired) electrons. The molecule has 1 aromatic carbocycles. The first-order valence-electron chi connectivity index (χ1n) is 9.22. The molecule has 1 N–H and O–H groups in total. The van der Waals surface area contributed by atoms with E-state index in [1.165, 1.54) is 5.56 Å². The molecular weight excluding hydrogens is 342 g/mol. The van der Waals surface area contributed by atoms with Crippen molar-refractivity contribution < 1.29 is 9.47 Å². The maximum atomic E-state index is 5.95. The van der Waals surface area contributed by atoms with Gasteiger partial charge in [-0.1, -0.05) is 12.1 Å². The third-order valence-electron chi connectivity index (χ3n) is 4.69. The van der Waals surface area contributed by atoms with Crippen molar-refractivity contribution >= 4 is 0 Å². The van der Waals surface area contributed by atoms with Gasteiger partial charge in [0, 0.05) is 50.5 Å². The summed E-state index contributed by atoms with van der Waals surface area (Å²) in [7, 11) is 0. The third kappa shape index (κ3) is 4.15. The van der Waals surface area contributed by atoms with E-state index in [1.807, 2.05) is 24.5 Å². The van der Waals surface area contributed by atoms with Gasteiger partial charge < -0.3 is 19.4 Å². The number of aryl methyl sites for hydroxylation is 1. The highest BCUT2D eigenvalue weighted by molar-refractivity contribution is 5.29. The number of aromatic nitrogens is 4. The van der Waals surface area contributed by atoms with Gasteiger partial charge in [0.15, 0.2) is 0 Å². The van der Waals surface area contributed by atoms with Gasteiger partial charge in [0.05, 0.1) is 6.20 Å². The molecule has 140 valence electrons. The Morgan fingerprint density at radius 1 is 1.19 bits per heavy atom. The summed E-state index contributed by atoms with van der Waals surface area (Å²) in [5, 5.41) is 3.62. The van der Waals surface area contributed by atoms with Gasteiger partial charge in [-0.05, 0) is 31.0 Å². The van der Waals surface area contributed by atoms with Crippen molar-refractivity contribution in [1.29, 1.82) is 0 Å². The van der Waals surface area contributed by atoms with Crippen molar-refractivity contribution in [2.45, 2.75) is 38.6 Å². The molecule has 0 unspecified atom stereocenters. The van der Waals surface area contributed by atoms with Crippen molar-refractivity contribution in [1.82, 2.24) is 24.8 Å². The van der Waals surface area contributed by atoms with Gasteiger partial charge in [0.1, 0.15) is 17.7 Å². The topological polar surface area (TPSA) is 74.1 Å². The zero-order chi connectivity index (χ0) is 18.5. The van der Waals surface area contributed by atoms with Gasteiger partial charge in [0.25, 0.3) is 0 Å². The van der Waals surface area contributed by atoms with Crippen LogP contribution in [0.4, 0.5) is 0 Å². The number of hydrogen-bond acceptors (Lipinski definition) is 6. The van der Waals surface area contributed by atoms with Crippen molar-refractivity contribution in [2.24, 2.45) is 0 Å². The van der Waals surface area contributed by atoms with Crippen molar-refractivity contribution in [2.75, 3.05) is 6.61 Å². The Hall–Kier alpha value is -2.77. The molecule has 0 aliphatic carbocycles. The molecule has 7 nitrogen and oxygen atoms in total.